The molecule has 0 unspecified atom stereocenters. The van der Waals surface area contributed by atoms with E-state index in [1.165, 1.54) is 0 Å². The van der Waals surface area contributed by atoms with Crippen LogP contribution in [0.4, 0.5) is 11.8 Å². The van der Waals surface area contributed by atoms with E-state index in [2.05, 4.69) is 39.2 Å². The molecule has 3 aromatic heterocycles. The zero-order valence-corrected chi connectivity index (χ0v) is 13.9. The molecule has 0 spiro atoms. The van der Waals surface area contributed by atoms with Crippen LogP contribution < -0.4 is 11.1 Å². The Kier molecular flexibility index (Phi) is 3.85. The summed E-state index contributed by atoms with van der Waals surface area (Å²) in [7, 11) is 0. The first-order chi connectivity index (χ1) is 11.0. The highest BCUT2D eigenvalue weighted by Gasteiger charge is 2.11. The van der Waals surface area contributed by atoms with Crippen molar-refractivity contribution in [2.24, 2.45) is 0 Å². The summed E-state index contributed by atoms with van der Waals surface area (Å²) in [6.45, 7) is 9.51. The molecule has 23 heavy (non-hydrogen) atoms. The van der Waals surface area contributed by atoms with Crippen LogP contribution in [0.5, 0.6) is 0 Å². The maximum atomic E-state index is 6.08. The van der Waals surface area contributed by atoms with Gasteiger partial charge in [-0.15, -0.1) is 0 Å². The molecule has 0 aliphatic rings. The summed E-state index contributed by atoms with van der Waals surface area (Å²) in [5.74, 6) is 0.930. The Bertz CT molecular complexity index is 866. The highest BCUT2D eigenvalue weighted by Crippen LogP contribution is 2.22. The number of hydrogen-bond acceptors (Lipinski definition) is 6. The maximum Gasteiger partial charge on any atom is 0.226 e. The number of aromatic nitrogens is 5. The number of rotatable bonds is 4. The predicted molar refractivity (Wildman–Crippen MR) is 91.2 cm³/mol. The first-order valence-electron chi connectivity index (χ1n) is 7.66. The molecule has 120 valence electrons. The summed E-state index contributed by atoms with van der Waals surface area (Å²) < 4.78 is 1.96. The fourth-order valence-electron chi connectivity index (χ4n) is 2.74. The maximum absolute atomic E-state index is 6.08. The van der Waals surface area contributed by atoms with Crippen LogP contribution in [-0.4, -0.2) is 24.7 Å². The van der Waals surface area contributed by atoms with Crippen molar-refractivity contribution in [3.63, 3.8) is 0 Å². The van der Waals surface area contributed by atoms with Gasteiger partial charge in [-0.2, -0.15) is 15.1 Å². The molecular weight excluding hydrogens is 290 g/mol. The zero-order valence-electron chi connectivity index (χ0n) is 13.9. The third kappa shape index (κ3) is 2.81. The molecule has 7 heteroatoms. The Morgan fingerprint density at radius 1 is 1.17 bits per heavy atom. The largest absolute Gasteiger partial charge is 0.383 e. The number of fused-ring (bicyclic) bond motifs is 1. The Morgan fingerprint density at radius 2 is 1.96 bits per heavy atom. The van der Waals surface area contributed by atoms with Gasteiger partial charge in [-0.25, -0.2) is 4.98 Å². The minimum Gasteiger partial charge on any atom is -0.383 e. The Balaban J connectivity index is 1.90. The molecule has 0 aliphatic carbocycles. The first kappa shape index (κ1) is 15.2. The SMILES string of the molecule is CCn1ncc(CNc2nc(N)c3c(C)cc(C)nc3n2)c1C. The van der Waals surface area contributed by atoms with Gasteiger partial charge in [-0.3, -0.25) is 4.68 Å². The van der Waals surface area contributed by atoms with E-state index in [4.69, 9.17) is 5.73 Å². The van der Waals surface area contributed by atoms with Gasteiger partial charge in [0.15, 0.2) is 5.65 Å². The average molecular weight is 311 g/mol. The van der Waals surface area contributed by atoms with Gasteiger partial charge in [-0.1, -0.05) is 0 Å². The van der Waals surface area contributed by atoms with Crippen LogP contribution in [0.2, 0.25) is 0 Å². The zero-order chi connectivity index (χ0) is 16.6. The fraction of sp³-hybridized carbons (Fsp3) is 0.375. The smallest absolute Gasteiger partial charge is 0.226 e. The summed E-state index contributed by atoms with van der Waals surface area (Å²) in [6, 6.07) is 1.98. The van der Waals surface area contributed by atoms with Gasteiger partial charge in [0, 0.05) is 30.0 Å². The van der Waals surface area contributed by atoms with Gasteiger partial charge in [0.05, 0.1) is 11.6 Å². The summed E-state index contributed by atoms with van der Waals surface area (Å²) in [6.07, 6.45) is 1.86. The van der Waals surface area contributed by atoms with E-state index in [1.807, 2.05) is 30.8 Å². The van der Waals surface area contributed by atoms with E-state index in [1.54, 1.807) is 0 Å². The third-order valence-electron chi connectivity index (χ3n) is 3.96. The standard InChI is InChI=1S/C16H21N7/c1-5-23-11(4)12(8-19-23)7-18-16-21-14(17)13-9(2)6-10(3)20-15(13)22-16/h6,8H,5,7H2,1-4H3,(H3,17,18,20,21,22). The molecule has 0 atom stereocenters. The molecule has 0 bridgehead atoms. The van der Waals surface area contributed by atoms with Gasteiger partial charge >= 0.3 is 0 Å². The molecule has 0 saturated carbocycles. The van der Waals surface area contributed by atoms with Gasteiger partial charge in [0.25, 0.3) is 0 Å². The normalized spacial score (nSPS) is 11.1. The van der Waals surface area contributed by atoms with Crippen molar-refractivity contribution in [1.29, 1.82) is 0 Å². The molecule has 0 aromatic carbocycles. The Morgan fingerprint density at radius 3 is 2.65 bits per heavy atom. The van der Waals surface area contributed by atoms with Crippen molar-refractivity contribution >= 4 is 22.8 Å². The van der Waals surface area contributed by atoms with E-state index < -0.39 is 0 Å². The fourth-order valence-corrected chi connectivity index (χ4v) is 2.74. The van der Waals surface area contributed by atoms with Crippen molar-refractivity contribution in [3.8, 4) is 0 Å². The first-order valence-corrected chi connectivity index (χ1v) is 7.66. The van der Waals surface area contributed by atoms with Crippen molar-refractivity contribution in [2.75, 3.05) is 11.1 Å². The lowest BCUT2D eigenvalue weighted by Crippen LogP contribution is -2.08. The van der Waals surface area contributed by atoms with Gasteiger partial charge in [0.2, 0.25) is 5.95 Å². The number of nitrogens with two attached hydrogens (primary N) is 1. The molecule has 0 saturated heterocycles. The monoisotopic (exact) mass is 311 g/mol. The van der Waals surface area contributed by atoms with Crippen LogP contribution in [0.1, 0.15) is 29.4 Å². The van der Waals surface area contributed by atoms with Gasteiger partial charge < -0.3 is 11.1 Å². The molecule has 3 rings (SSSR count). The summed E-state index contributed by atoms with van der Waals surface area (Å²) in [5, 5.41) is 8.37. The Labute approximate surface area is 135 Å². The lowest BCUT2D eigenvalue weighted by Gasteiger charge is -2.09. The quantitative estimate of drug-likeness (QED) is 0.768. The van der Waals surface area contributed by atoms with Crippen LogP contribution in [0.3, 0.4) is 0 Å². The van der Waals surface area contributed by atoms with Crippen molar-refractivity contribution in [3.05, 3.63) is 34.8 Å². The van der Waals surface area contributed by atoms with Crippen molar-refractivity contribution in [2.45, 2.75) is 40.8 Å². The second-order valence-corrected chi connectivity index (χ2v) is 5.64. The minimum absolute atomic E-state index is 0.448. The molecule has 3 heterocycles. The minimum atomic E-state index is 0.448. The molecule has 0 aliphatic heterocycles. The van der Waals surface area contributed by atoms with Crippen LogP contribution >= 0.6 is 0 Å². The number of aryl methyl sites for hydroxylation is 3. The number of pyridine rings is 1. The Hall–Kier alpha value is -2.70. The second-order valence-electron chi connectivity index (χ2n) is 5.64. The van der Waals surface area contributed by atoms with E-state index >= 15 is 0 Å². The van der Waals surface area contributed by atoms with Crippen LogP contribution in [0.25, 0.3) is 11.0 Å². The topological polar surface area (TPSA) is 94.5 Å². The summed E-state index contributed by atoms with van der Waals surface area (Å²) in [4.78, 5) is 13.3. The summed E-state index contributed by atoms with van der Waals surface area (Å²) in [5.41, 5.74) is 10.9. The highest BCUT2D eigenvalue weighted by atomic mass is 15.3. The van der Waals surface area contributed by atoms with Crippen molar-refractivity contribution < 1.29 is 0 Å². The van der Waals surface area contributed by atoms with Gasteiger partial charge in [-0.05, 0) is 39.3 Å². The molecular formula is C16H21N7. The molecule has 7 nitrogen and oxygen atoms in total. The van der Waals surface area contributed by atoms with Crippen molar-refractivity contribution in [1.82, 2.24) is 24.7 Å². The number of hydrogen-bond donors (Lipinski definition) is 2. The predicted octanol–water partition coefficient (Wildman–Crippen LogP) is 2.36. The molecule has 3 N–H and O–H groups in total. The van der Waals surface area contributed by atoms with E-state index in [0.29, 0.717) is 24.0 Å². The van der Waals surface area contributed by atoms with Crippen LogP contribution in [-0.2, 0) is 13.1 Å². The summed E-state index contributed by atoms with van der Waals surface area (Å²) >= 11 is 0. The van der Waals surface area contributed by atoms with Crippen LogP contribution in [0.15, 0.2) is 12.3 Å². The third-order valence-corrected chi connectivity index (χ3v) is 3.96. The van der Waals surface area contributed by atoms with E-state index in [0.717, 1.165) is 34.4 Å². The lowest BCUT2D eigenvalue weighted by atomic mass is 10.1. The van der Waals surface area contributed by atoms with E-state index in [-0.39, 0.29) is 0 Å². The number of nitrogens with zero attached hydrogens (tertiary/aromatic N) is 5. The number of nitrogen functional groups attached to an aromatic ring is 1. The molecule has 0 radical (unpaired) electrons. The highest BCUT2D eigenvalue weighted by molar-refractivity contribution is 5.89. The van der Waals surface area contributed by atoms with E-state index in [9.17, 15) is 0 Å². The second kappa shape index (κ2) is 5.83. The number of nitrogens with one attached hydrogen (secondary N) is 1. The molecule has 0 fully saturated rings. The van der Waals surface area contributed by atoms with Crippen LogP contribution in [0, 0.1) is 20.8 Å². The molecule has 0 amide bonds. The average Bonchev–Trinajstić information content (AvgIpc) is 2.84. The lowest BCUT2D eigenvalue weighted by molar-refractivity contribution is 0.638. The molecule has 3 aromatic rings. The van der Waals surface area contributed by atoms with Gasteiger partial charge in [0.1, 0.15) is 5.82 Å². The number of anilines is 2.